The number of aromatic nitrogens is 2. The molecule has 1 fully saturated rings. The Morgan fingerprint density at radius 3 is 2.52 bits per heavy atom. The first kappa shape index (κ1) is 23.0. The predicted molar refractivity (Wildman–Crippen MR) is 122 cm³/mol. The van der Waals surface area contributed by atoms with Gasteiger partial charge in [0.05, 0.1) is 11.1 Å². The number of ether oxygens (including phenoxy) is 1. The van der Waals surface area contributed by atoms with Crippen LogP contribution in [0.2, 0.25) is 0 Å². The van der Waals surface area contributed by atoms with Crippen molar-refractivity contribution in [2.24, 2.45) is 0 Å². The van der Waals surface area contributed by atoms with Crippen molar-refractivity contribution in [3.8, 4) is 5.75 Å². The molecule has 11 heteroatoms. The number of hydrogen-bond donors (Lipinski definition) is 2. The lowest BCUT2D eigenvalue weighted by molar-refractivity contribution is -0.133. The van der Waals surface area contributed by atoms with Gasteiger partial charge in [0.25, 0.3) is 15.9 Å². The second-order valence-electron chi connectivity index (χ2n) is 8.64. The number of carbonyl (C=O) groups excluding carboxylic acids is 2. The Labute approximate surface area is 192 Å². The number of nitrogens with zero attached hydrogens (tertiary/aromatic N) is 3. The molecule has 0 radical (unpaired) electrons. The van der Waals surface area contributed by atoms with Crippen LogP contribution in [0.3, 0.4) is 0 Å². The van der Waals surface area contributed by atoms with Crippen LogP contribution in [0.1, 0.15) is 52.9 Å². The molecule has 0 atom stereocenters. The maximum atomic E-state index is 13.1. The quantitative estimate of drug-likeness (QED) is 0.655. The highest BCUT2D eigenvalue weighted by Gasteiger charge is 2.45. The van der Waals surface area contributed by atoms with Crippen molar-refractivity contribution in [1.82, 2.24) is 14.7 Å². The van der Waals surface area contributed by atoms with E-state index in [2.05, 4.69) is 15.3 Å². The number of sulfonamides is 1. The van der Waals surface area contributed by atoms with Crippen LogP contribution in [0.5, 0.6) is 5.75 Å². The largest absolute Gasteiger partial charge is 0.472 e. The molecule has 0 unspecified atom stereocenters. The molecule has 1 aromatic heterocycles. The van der Waals surface area contributed by atoms with Crippen LogP contribution in [0.4, 0.5) is 17.5 Å². The molecule has 0 spiro atoms. The highest BCUT2D eigenvalue weighted by molar-refractivity contribution is 7.90. The minimum atomic E-state index is -3.93. The van der Waals surface area contributed by atoms with E-state index in [0.29, 0.717) is 17.3 Å². The van der Waals surface area contributed by atoms with Crippen molar-refractivity contribution in [1.29, 1.82) is 0 Å². The van der Waals surface area contributed by atoms with Gasteiger partial charge in [0, 0.05) is 18.2 Å². The van der Waals surface area contributed by atoms with Gasteiger partial charge in [-0.2, -0.15) is 4.98 Å². The lowest BCUT2D eigenvalue weighted by atomic mass is 10.0. The zero-order valence-electron chi connectivity index (χ0n) is 18.8. The zero-order chi connectivity index (χ0) is 23.8. The summed E-state index contributed by atoms with van der Waals surface area (Å²) in [6, 6.07) is 5.93. The summed E-state index contributed by atoms with van der Waals surface area (Å²) in [4.78, 5) is 35.1. The van der Waals surface area contributed by atoms with Gasteiger partial charge in [-0.05, 0) is 51.0 Å². The third-order valence-electron chi connectivity index (χ3n) is 5.74. The van der Waals surface area contributed by atoms with Gasteiger partial charge in [-0.15, -0.1) is 0 Å². The van der Waals surface area contributed by atoms with E-state index < -0.39 is 21.5 Å². The second-order valence-corrected chi connectivity index (χ2v) is 10.3. The number of nitrogens with one attached hydrogen (secondary N) is 2. The minimum Gasteiger partial charge on any atom is -0.472 e. The second kappa shape index (κ2) is 8.62. The lowest BCUT2D eigenvalue weighted by Crippen LogP contribution is -2.55. The summed E-state index contributed by atoms with van der Waals surface area (Å²) in [6.45, 7) is 5.06. The summed E-state index contributed by atoms with van der Waals surface area (Å²) >= 11 is 0. The van der Waals surface area contributed by atoms with Gasteiger partial charge in [0.1, 0.15) is 0 Å². The molecule has 2 amide bonds. The van der Waals surface area contributed by atoms with Crippen molar-refractivity contribution in [2.75, 3.05) is 10.2 Å². The number of hydrogen-bond acceptors (Lipinski definition) is 8. The molecule has 1 saturated carbocycles. The first-order valence-corrected chi connectivity index (χ1v) is 12.4. The number of amides is 2. The molecular formula is C22H27N5O5S. The summed E-state index contributed by atoms with van der Waals surface area (Å²) in [5, 5.41) is 3.03. The van der Waals surface area contributed by atoms with Crippen LogP contribution in [0.15, 0.2) is 35.4 Å². The molecule has 2 aliphatic rings. The number of carbonyl (C=O) groups is 2. The van der Waals surface area contributed by atoms with Crippen LogP contribution in [0, 0.1) is 0 Å². The Bertz CT molecular complexity index is 1170. The van der Waals surface area contributed by atoms with Crippen LogP contribution in [-0.2, 0) is 19.6 Å². The summed E-state index contributed by atoms with van der Waals surface area (Å²) in [5.74, 6) is 0.430. The van der Waals surface area contributed by atoms with Gasteiger partial charge in [-0.3, -0.25) is 14.5 Å². The molecule has 10 nitrogen and oxygen atoms in total. The third kappa shape index (κ3) is 4.63. The molecule has 4 rings (SSSR count). The van der Waals surface area contributed by atoms with E-state index in [0.717, 1.165) is 25.7 Å². The fourth-order valence-electron chi connectivity index (χ4n) is 4.00. The minimum absolute atomic E-state index is 0.0326. The maximum Gasteiger partial charge on any atom is 0.272 e. The molecule has 2 heterocycles. The fraction of sp³-hybridized carbons (Fsp3) is 0.455. The molecule has 33 heavy (non-hydrogen) atoms. The van der Waals surface area contributed by atoms with Crippen molar-refractivity contribution < 1.29 is 22.7 Å². The van der Waals surface area contributed by atoms with E-state index >= 15 is 0 Å². The van der Waals surface area contributed by atoms with Crippen LogP contribution >= 0.6 is 0 Å². The van der Waals surface area contributed by atoms with Gasteiger partial charge < -0.3 is 10.1 Å². The van der Waals surface area contributed by atoms with Gasteiger partial charge in [0.15, 0.2) is 17.2 Å². The van der Waals surface area contributed by atoms with Gasteiger partial charge in [-0.25, -0.2) is 18.1 Å². The van der Waals surface area contributed by atoms with Crippen molar-refractivity contribution in [3.63, 3.8) is 0 Å². The monoisotopic (exact) mass is 473 g/mol. The summed E-state index contributed by atoms with van der Waals surface area (Å²) in [7, 11) is -3.93. The first-order valence-electron chi connectivity index (χ1n) is 10.9. The topological polar surface area (TPSA) is 131 Å². The van der Waals surface area contributed by atoms with E-state index in [1.54, 1.807) is 44.0 Å². The number of rotatable bonds is 6. The van der Waals surface area contributed by atoms with E-state index in [9.17, 15) is 18.0 Å². The molecule has 0 saturated heterocycles. The molecule has 2 N–H and O–H groups in total. The number of anilines is 3. The van der Waals surface area contributed by atoms with Crippen molar-refractivity contribution >= 4 is 39.3 Å². The molecular weight excluding hydrogens is 446 g/mol. The Morgan fingerprint density at radius 1 is 1.21 bits per heavy atom. The Balaban J connectivity index is 1.58. The van der Waals surface area contributed by atoms with Crippen LogP contribution in [0.25, 0.3) is 0 Å². The average molecular weight is 474 g/mol. The van der Waals surface area contributed by atoms with Crippen LogP contribution < -0.4 is 19.7 Å². The van der Waals surface area contributed by atoms with E-state index in [4.69, 9.17) is 4.74 Å². The number of benzene rings is 1. The Hall–Kier alpha value is -3.21. The normalized spacial score (nSPS) is 17.9. The highest BCUT2D eigenvalue weighted by atomic mass is 32.2. The third-order valence-corrected chi connectivity index (χ3v) is 7.13. The highest BCUT2D eigenvalue weighted by Crippen LogP contribution is 2.40. The average Bonchev–Trinajstić information content (AvgIpc) is 3.29. The molecule has 2 aromatic rings. The molecule has 1 aliphatic carbocycles. The molecule has 1 aromatic carbocycles. The zero-order valence-corrected chi connectivity index (χ0v) is 19.6. The Kier molecular flexibility index (Phi) is 6.00. The number of fused-ring (bicyclic) bond motifs is 1. The Morgan fingerprint density at radius 2 is 1.88 bits per heavy atom. The summed E-state index contributed by atoms with van der Waals surface area (Å²) < 4.78 is 32.4. The summed E-state index contributed by atoms with van der Waals surface area (Å²) in [5.41, 5.74) is -0.450. The summed E-state index contributed by atoms with van der Waals surface area (Å²) in [6.07, 6.45) is 5.57. The van der Waals surface area contributed by atoms with Gasteiger partial charge in [0.2, 0.25) is 11.9 Å². The van der Waals surface area contributed by atoms with Crippen LogP contribution in [-0.4, -0.2) is 41.8 Å². The van der Waals surface area contributed by atoms with Gasteiger partial charge in [-0.1, -0.05) is 19.8 Å². The van der Waals surface area contributed by atoms with Crippen molar-refractivity contribution in [2.45, 2.75) is 69.4 Å². The van der Waals surface area contributed by atoms with Crippen molar-refractivity contribution in [3.05, 3.63) is 30.5 Å². The van der Waals surface area contributed by atoms with E-state index in [-0.39, 0.29) is 29.2 Å². The van der Waals surface area contributed by atoms with E-state index in [1.165, 1.54) is 12.1 Å². The molecule has 176 valence electrons. The predicted octanol–water partition coefficient (Wildman–Crippen LogP) is 2.88. The van der Waals surface area contributed by atoms with Gasteiger partial charge >= 0.3 is 0 Å². The smallest absolute Gasteiger partial charge is 0.272 e. The van der Waals surface area contributed by atoms with E-state index in [1.807, 2.05) is 4.72 Å². The standard InChI is InChI=1S/C22H27N5O5S/c1-4-18(28)26-33(30,31)16-11-9-14(10-12-16)24-21-23-13-17-19(25-21)27(15-7-5-6-8-15)20(29)22(2,3)32-17/h9-13,15H,4-8H2,1-3H3,(H,26,28)(H,23,24,25). The maximum absolute atomic E-state index is 13.1. The first-order chi connectivity index (χ1) is 15.6. The molecule has 1 aliphatic heterocycles. The lowest BCUT2D eigenvalue weighted by Gasteiger charge is -2.40. The molecule has 0 bridgehead atoms. The fourth-order valence-corrected chi connectivity index (χ4v) is 5.06. The SMILES string of the molecule is CCC(=O)NS(=O)(=O)c1ccc(Nc2ncc3c(n2)N(C2CCCC2)C(=O)C(C)(C)O3)cc1.